The highest BCUT2D eigenvalue weighted by atomic mass is 35.5. The number of piperidine rings is 1. The van der Waals surface area contributed by atoms with Crippen LogP contribution < -0.4 is 0 Å². The number of likely N-dealkylation sites (N-methyl/N-ethyl adjacent to an activating group) is 1. The molecule has 4 nitrogen and oxygen atoms in total. The fourth-order valence-corrected chi connectivity index (χ4v) is 4.19. The number of aromatic nitrogens is 1. The van der Waals surface area contributed by atoms with Gasteiger partial charge in [0, 0.05) is 54.7 Å². The second-order valence-corrected chi connectivity index (χ2v) is 8.13. The molecule has 0 amide bonds. The molecule has 154 valence electrons. The molecular formula is C24H24ClFN4. The summed E-state index contributed by atoms with van der Waals surface area (Å²) in [5.41, 5.74) is 4.42. The summed E-state index contributed by atoms with van der Waals surface area (Å²) < 4.78 is 13.8. The molecule has 6 heteroatoms. The Hall–Kier alpha value is -2.92. The van der Waals surface area contributed by atoms with Gasteiger partial charge in [-0.1, -0.05) is 24.8 Å². The number of hydrogen-bond acceptors (Lipinski definition) is 4. The van der Waals surface area contributed by atoms with E-state index in [1.165, 1.54) is 12.1 Å². The van der Waals surface area contributed by atoms with Crippen molar-refractivity contribution in [3.8, 4) is 0 Å². The fourth-order valence-electron chi connectivity index (χ4n) is 3.97. The molecule has 1 unspecified atom stereocenters. The maximum atomic E-state index is 13.8. The fraction of sp³-hybridized carbons (Fsp3) is 0.250. The van der Waals surface area contributed by atoms with Gasteiger partial charge in [-0.15, -0.1) is 0 Å². The SMILES string of the molecule is C=C(c1cc(F)cc(Cl)c1)C1CCCN(C2=NC(c3ccncc3)=CC(=C)N2C)C1. The van der Waals surface area contributed by atoms with E-state index in [-0.39, 0.29) is 11.7 Å². The highest BCUT2D eigenvalue weighted by Gasteiger charge is 2.29. The maximum Gasteiger partial charge on any atom is 0.206 e. The molecule has 4 rings (SSSR count). The van der Waals surface area contributed by atoms with Gasteiger partial charge in [0.2, 0.25) is 5.96 Å². The summed E-state index contributed by atoms with van der Waals surface area (Å²) in [6, 6.07) is 8.49. The molecule has 0 aliphatic carbocycles. The number of pyridine rings is 1. The summed E-state index contributed by atoms with van der Waals surface area (Å²) in [4.78, 5) is 13.3. The molecule has 2 aliphatic heterocycles. The smallest absolute Gasteiger partial charge is 0.206 e. The lowest BCUT2D eigenvalue weighted by molar-refractivity contribution is 0.275. The summed E-state index contributed by atoms with van der Waals surface area (Å²) in [5.74, 6) is 0.714. The molecule has 1 aromatic carbocycles. The molecule has 30 heavy (non-hydrogen) atoms. The first kappa shape index (κ1) is 20.4. The first-order valence-corrected chi connectivity index (χ1v) is 10.3. The summed E-state index contributed by atoms with van der Waals surface area (Å²) >= 11 is 6.06. The Bertz CT molecular complexity index is 1020. The lowest BCUT2D eigenvalue weighted by Crippen LogP contribution is -2.47. The summed E-state index contributed by atoms with van der Waals surface area (Å²) in [6.07, 6.45) is 7.50. The molecule has 0 radical (unpaired) electrons. The van der Waals surface area contributed by atoms with Gasteiger partial charge in [-0.05, 0) is 60.4 Å². The van der Waals surface area contributed by atoms with Crippen molar-refractivity contribution >= 4 is 28.8 Å². The molecule has 3 heterocycles. The third kappa shape index (κ3) is 4.17. The highest BCUT2D eigenvalue weighted by molar-refractivity contribution is 6.30. The van der Waals surface area contributed by atoms with E-state index in [0.29, 0.717) is 5.02 Å². The largest absolute Gasteiger partial charge is 0.342 e. The molecule has 1 aromatic heterocycles. The van der Waals surface area contributed by atoms with Crippen molar-refractivity contribution in [1.29, 1.82) is 0 Å². The molecule has 0 saturated carbocycles. The number of rotatable bonds is 3. The second kappa shape index (κ2) is 8.44. The van der Waals surface area contributed by atoms with E-state index in [0.717, 1.165) is 60.0 Å². The Labute approximate surface area is 181 Å². The van der Waals surface area contributed by atoms with Crippen LogP contribution in [-0.2, 0) is 0 Å². The summed E-state index contributed by atoms with van der Waals surface area (Å²) in [6.45, 7) is 10.1. The van der Waals surface area contributed by atoms with Crippen LogP contribution in [-0.4, -0.2) is 40.9 Å². The molecule has 1 fully saturated rings. The molecule has 2 aliphatic rings. The average Bonchev–Trinajstić information content (AvgIpc) is 2.75. The predicted octanol–water partition coefficient (Wildman–Crippen LogP) is 5.46. The Morgan fingerprint density at radius 1 is 1.23 bits per heavy atom. The minimum atomic E-state index is -0.342. The zero-order valence-electron chi connectivity index (χ0n) is 17.0. The number of allylic oxidation sites excluding steroid dienone is 1. The van der Waals surface area contributed by atoms with Gasteiger partial charge in [0.1, 0.15) is 5.82 Å². The van der Waals surface area contributed by atoms with Gasteiger partial charge in [0.25, 0.3) is 0 Å². The van der Waals surface area contributed by atoms with Crippen LogP contribution in [0.1, 0.15) is 24.0 Å². The minimum Gasteiger partial charge on any atom is -0.342 e. The third-order valence-corrected chi connectivity index (χ3v) is 5.88. The van der Waals surface area contributed by atoms with E-state index in [9.17, 15) is 4.39 Å². The average molecular weight is 423 g/mol. The van der Waals surface area contributed by atoms with Crippen LogP contribution in [0.2, 0.25) is 5.02 Å². The van der Waals surface area contributed by atoms with E-state index >= 15 is 0 Å². The number of aliphatic imine (C=N–C) groups is 1. The van der Waals surface area contributed by atoms with Crippen LogP contribution in [0.25, 0.3) is 11.3 Å². The topological polar surface area (TPSA) is 31.7 Å². The Balaban J connectivity index is 1.59. The molecular weight excluding hydrogens is 399 g/mol. The monoisotopic (exact) mass is 422 g/mol. The third-order valence-electron chi connectivity index (χ3n) is 5.66. The van der Waals surface area contributed by atoms with Gasteiger partial charge in [0.05, 0.1) is 5.70 Å². The number of likely N-dealkylation sites (tertiary alicyclic amines) is 1. The van der Waals surface area contributed by atoms with Gasteiger partial charge in [-0.3, -0.25) is 4.98 Å². The normalized spacial score (nSPS) is 19.4. The summed E-state index contributed by atoms with van der Waals surface area (Å²) in [7, 11) is 1.98. The second-order valence-electron chi connectivity index (χ2n) is 7.70. The van der Waals surface area contributed by atoms with Crippen LogP contribution in [0.5, 0.6) is 0 Å². The van der Waals surface area contributed by atoms with Crippen LogP contribution in [0.3, 0.4) is 0 Å². The van der Waals surface area contributed by atoms with Crippen LogP contribution in [0.15, 0.2) is 72.6 Å². The lowest BCUT2D eigenvalue weighted by atomic mass is 9.87. The number of benzene rings is 1. The lowest BCUT2D eigenvalue weighted by Gasteiger charge is -2.40. The van der Waals surface area contributed by atoms with Gasteiger partial charge in [-0.25, -0.2) is 9.38 Å². The quantitative estimate of drug-likeness (QED) is 0.658. The predicted molar refractivity (Wildman–Crippen MR) is 121 cm³/mol. The van der Waals surface area contributed by atoms with Gasteiger partial charge >= 0.3 is 0 Å². The van der Waals surface area contributed by atoms with Crippen LogP contribution in [0, 0.1) is 11.7 Å². The van der Waals surface area contributed by atoms with Crippen molar-refractivity contribution in [3.05, 3.63) is 89.6 Å². The van der Waals surface area contributed by atoms with Crippen molar-refractivity contribution in [1.82, 2.24) is 14.8 Å². The van der Waals surface area contributed by atoms with E-state index in [1.807, 2.05) is 30.2 Å². The van der Waals surface area contributed by atoms with E-state index < -0.39 is 0 Å². The van der Waals surface area contributed by atoms with Crippen molar-refractivity contribution in [2.75, 3.05) is 20.1 Å². The number of hydrogen-bond donors (Lipinski definition) is 0. The van der Waals surface area contributed by atoms with Crippen LogP contribution >= 0.6 is 11.6 Å². The molecule has 0 N–H and O–H groups in total. The van der Waals surface area contributed by atoms with Crippen molar-refractivity contribution in [2.24, 2.45) is 10.9 Å². The van der Waals surface area contributed by atoms with E-state index in [1.54, 1.807) is 18.5 Å². The number of guanidine groups is 1. The molecule has 0 bridgehead atoms. The summed E-state index contributed by atoms with van der Waals surface area (Å²) in [5, 5.41) is 0.388. The van der Waals surface area contributed by atoms with E-state index in [4.69, 9.17) is 16.6 Å². The van der Waals surface area contributed by atoms with Crippen molar-refractivity contribution in [3.63, 3.8) is 0 Å². The first-order valence-electron chi connectivity index (χ1n) is 9.96. The number of nitrogens with zero attached hydrogens (tertiary/aromatic N) is 4. The molecule has 1 saturated heterocycles. The maximum absolute atomic E-state index is 13.8. The van der Waals surface area contributed by atoms with E-state index in [2.05, 4.69) is 23.0 Å². The Kier molecular flexibility index (Phi) is 5.73. The van der Waals surface area contributed by atoms with Gasteiger partial charge < -0.3 is 9.80 Å². The van der Waals surface area contributed by atoms with Gasteiger partial charge in [0.15, 0.2) is 0 Å². The molecule has 2 aromatic rings. The minimum absolute atomic E-state index is 0.191. The zero-order valence-corrected chi connectivity index (χ0v) is 17.7. The Morgan fingerprint density at radius 2 is 2.00 bits per heavy atom. The van der Waals surface area contributed by atoms with Crippen LogP contribution in [0.4, 0.5) is 4.39 Å². The zero-order chi connectivity index (χ0) is 21.3. The number of halogens is 2. The van der Waals surface area contributed by atoms with Crippen molar-refractivity contribution < 1.29 is 4.39 Å². The first-order chi connectivity index (χ1) is 14.4. The standard InChI is InChI=1S/C24H24ClFN4/c1-16-11-23(18-6-8-27-9-7-18)28-24(29(16)3)30-10-4-5-19(15-30)17(2)20-12-21(25)14-22(26)13-20/h6-9,11-14,19H,1-2,4-5,10,15H2,3H3. The highest BCUT2D eigenvalue weighted by Crippen LogP contribution is 2.33. The van der Waals surface area contributed by atoms with Crippen molar-refractivity contribution in [2.45, 2.75) is 12.8 Å². The molecule has 0 spiro atoms. The van der Waals surface area contributed by atoms with Gasteiger partial charge in [-0.2, -0.15) is 0 Å². The Morgan fingerprint density at radius 3 is 2.73 bits per heavy atom. The molecule has 1 atom stereocenters.